The van der Waals surface area contributed by atoms with Gasteiger partial charge in [0.25, 0.3) is 0 Å². The summed E-state index contributed by atoms with van der Waals surface area (Å²) in [5.74, 6) is -0.0314. The van der Waals surface area contributed by atoms with Crippen molar-refractivity contribution in [3.8, 4) is 0 Å². The Kier molecular flexibility index (Phi) is 6.50. The van der Waals surface area contributed by atoms with Crippen LogP contribution in [0.2, 0.25) is 0 Å². The molecule has 3 rings (SSSR count). The summed E-state index contributed by atoms with van der Waals surface area (Å²) in [7, 11) is 0. The molecule has 6 heteroatoms. The monoisotopic (exact) mass is 359 g/mol. The van der Waals surface area contributed by atoms with Gasteiger partial charge in [0.05, 0.1) is 11.4 Å². The summed E-state index contributed by atoms with van der Waals surface area (Å²) in [6.45, 7) is 5.68. The number of nitrogens with one attached hydrogen (secondary N) is 1. The largest absolute Gasteiger partial charge is 0.382 e. The number of anilines is 2. The van der Waals surface area contributed by atoms with Gasteiger partial charge in [0.1, 0.15) is 0 Å². The van der Waals surface area contributed by atoms with Crippen LogP contribution in [0.1, 0.15) is 39.0 Å². The third-order valence-corrected chi connectivity index (χ3v) is 5.11. The number of amides is 2. The van der Waals surface area contributed by atoms with Crippen molar-refractivity contribution >= 4 is 23.2 Å². The number of hydrogen-bond donors (Lipinski definition) is 1. The SMILES string of the molecule is CCOCCCNC(=O)CCC(=O)N1C[C@H]2CCCN2c2ccccc21. The van der Waals surface area contributed by atoms with Crippen molar-refractivity contribution in [3.05, 3.63) is 24.3 Å². The van der Waals surface area contributed by atoms with E-state index in [-0.39, 0.29) is 24.7 Å². The minimum atomic E-state index is -0.0670. The molecule has 1 N–H and O–H groups in total. The van der Waals surface area contributed by atoms with Gasteiger partial charge in [0.2, 0.25) is 11.8 Å². The summed E-state index contributed by atoms with van der Waals surface area (Å²) in [5, 5.41) is 2.86. The second kappa shape index (κ2) is 9.03. The fourth-order valence-corrected chi connectivity index (χ4v) is 3.81. The van der Waals surface area contributed by atoms with Gasteiger partial charge in [-0.05, 0) is 38.3 Å². The molecule has 2 amide bonds. The molecular weight excluding hydrogens is 330 g/mol. The van der Waals surface area contributed by atoms with Crippen LogP contribution in [0.25, 0.3) is 0 Å². The van der Waals surface area contributed by atoms with Crippen LogP contribution in [0.5, 0.6) is 0 Å². The van der Waals surface area contributed by atoms with Gasteiger partial charge in [-0.25, -0.2) is 0 Å². The summed E-state index contributed by atoms with van der Waals surface area (Å²) in [5.41, 5.74) is 2.13. The molecule has 1 aromatic rings. The number of carbonyl (C=O) groups excluding carboxylic acids is 2. The number of benzene rings is 1. The van der Waals surface area contributed by atoms with Crippen LogP contribution in [0.15, 0.2) is 24.3 Å². The van der Waals surface area contributed by atoms with Crippen LogP contribution in [0.4, 0.5) is 11.4 Å². The molecule has 2 heterocycles. The van der Waals surface area contributed by atoms with Crippen molar-refractivity contribution < 1.29 is 14.3 Å². The third-order valence-electron chi connectivity index (χ3n) is 5.11. The highest BCUT2D eigenvalue weighted by atomic mass is 16.5. The van der Waals surface area contributed by atoms with Crippen LogP contribution >= 0.6 is 0 Å². The van der Waals surface area contributed by atoms with Crippen molar-refractivity contribution in [3.63, 3.8) is 0 Å². The van der Waals surface area contributed by atoms with Crippen LogP contribution in [-0.2, 0) is 14.3 Å². The Morgan fingerprint density at radius 2 is 2.04 bits per heavy atom. The van der Waals surface area contributed by atoms with Crippen molar-refractivity contribution in [1.82, 2.24) is 5.32 Å². The lowest BCUT2D eigenvalue weighted by atomic mass is 10.1. The van der Waals surface area contributed by atoms with Crippen molar-refractivity contribution in [2.75, 3.05) is 42.6 Å². The molecule has 0 saturated carbocycles. The van der Waals surface area contributed by atoms with Gasteiger partial charge >= 0.3 is 0 Å². The van der Waals surface area contributed by atoms with Gasteiger partial charge in [-0.2, -0.15) is 0 Å². The summed E-state index contributed by atoms with van der Waals surface area (Å²) in [6, 6.07) is 8.51. The zero-order chi connectivity index (χ0) is 18.4. The quantitative estimate of drug-likeness (QED) is 0.724. The van der Waals surface area contributed by atoms with Crippen molar-refractivity contribution in [1.29, 1.82) is 0 Å². The minimum Gasteiger partial charge on any atom is -0.382 e. The summed E-state index contributed by atoms with van der Waals surface area (Å²) in [6.07, 6.45) is 3.58. The molecule has 0 bridgehead atoms. The molecular formula is C20H29N3O3. The fourth-order valence-electron chi connectivity index (χ4n) is 3.81. The predicted octanol–water partition coefficient (Wildman–Crippen LogP) is 2.33. The Morgan fingerprint density at radius 3 is 2.85 bits per heavy atom. The number of nitrogens with zero attached hydrogens (tertiary/aromatic N) is 2. The van der Waals surface area contributed by atoms with E-state index in [0.29, 0.717) is 25.8 Å². The number of ether oxygens (including phenoxy) is 1. The van der Waals surface area contributed by atoms with E-state index in [2.05, 4.69) is 16.3 Å². The second-order valence-corrected chi connectivity index (χ2v) is 6.88. The van der Waals surface area contributed by atoms with Gasteiger partial charge in [0.15, 0.2) is 0 Å². The molecule has 6 nitrogen and oxygen atoms in total. The van der Waals surface area contributed by atoms with E-state index in [9.17, 15) is 9.59 Å². The third kappa shape index (κ3) is 4.36. The van der Waals surface area contributed by atoms with Gasteiger partial charge in [0, 0.05) is 51.7 Å². The molecule has 1 aromatic carbocycles. The first-order chi connectivity index (χ1) is 12.7. The fraction of sp³-hybridized carbons (Fsp3) is 0.600. The first kappa shape index (κ1) is 18.7. The second-order valence-electron chi connectivity index (χ2n) is 6.88. The Balaban J connectivity index is 1.52. The maximum Gasteiger partial charge on any atom is 0.227 e. The lowest BCUT2D eigenvalue weighted by Crippen LogP contribution is -2.48. The van der Waals surface area contributed by atoms with Gasteiger partial charge < -0.3 is 19.9 Å². The summed E-state index contributed by atoms with van der Waals surface area (Å²) in [4.78, 5) is 29.0. The van der Waals surface area contributed by atoms with Crippen molar-refractivity contribution in [2.45, 2.75) is 45.1 Å². The number of hydrogen-bond acceptors (Lipinski definition) is 4. The maximum absolute atomic E-state index is 12.8. The van der Waals surface area contributed by atoms with E-state index in [1.54, 1.807) is 0 Å². The first-order valence-electron chi connectivity index (χ1n) is 9.71. The lowest BCUT2D eigenvalue weighted by Gasteiger charge is -2.40. The zero-order valence-corrected chi connectivity index (χ0v) is 15.6. The highest BCUT2D eigenvalue weighted by molar-refractivity contribution is 5.99. The number of para-hydroxylation sites is 2. The Hall–Kier alpha value is -2.08. The molecule has 0 aliphatic carbocycles. The highest BCUT2D eigenvalue weighted by Gasteiger charge is 2.35. The summed E-state index contributed by atoms with van der Waals surface area (Å²) < 4.78 is 5.24. The molecule has 0 aromatic heterocycles. The molecule has 1 fully saturated rings. The van der Waals surface area contributed by atoms with E-state index in [0.717, 1.165) is 37.3 Å². The van der Waals surface area contributed by atoms with Crippen LogP contribution < -0.4 is 15.1 Å². The van der Waals surface area contributed by atoms with E-state index in [4.69, 9.17) is 4.74 Å². The predicted molar refractivity (Wildman–Crippen MR) is 103 cm³/mol. The average Bonchev–Trinajstić information content (AvgIpc) is 3.14. The van der Waals surface area contributed by atoms with Gasteiger partial charge in [-0.3, -0.25) is 9.59 Å². The Morgan fingerprint density at radius 1 is 1.23 bits per heavy atom. The number of rotatable bonds is 8. The number of fused-ring (bicyclic) bond motifs is 3. The molecule has 1 saturated heterocycles. The molecule has 0 spiro atoms. The van der Waals surface area contributed by atoms with Crippen LogP contribution in [-0.4, -0.2) is 50.7 Å². The van der Waals surface area contributed by atoms with Gasteiger partial charge in [-0.15, -0.1) is 0 Å². The number of carbonyl (C=O) groups is 2. The normalized spacial score (nSPS) is 18.4. The molecule has 26 heavy (non-hydrogen) atoms. The molecule has 142 valence electrons. The lowest BCUT2D eigenvalue weighted by molar-refractivity contribution is -0.125. The van der Waals surface area contributed by atoms with Crippen LogP contribution in [0, 0.1) is 0 Å². The van der Waals surface area contributed by atoms with Gasteiger partial charge in [-0.1, -0.05) is 12.1 Å². The maximum atomic E-state index is 12.8. The minimum absolute atomic E-state index is 0.0356. The summed E-state index contributed by atoms with van der Waals surface area (Å²) >= 11 is 0. The molecule has 0 radical (unpaired) electrons. The molecule has 2 aliphatic rings. The average molecular weight is 359 g/mol. The van der Waals surface area contributed by atoms with Crippen LogP contribution in [0.3, 0.4) is 0 Å². The molecule has 0 unspecified atom stereocenters. The standard InChI is InChI=1S/C20H29N3O3/c1-2-26-14-6-12-21-19(24)10-11-20(25)23-15-16-7-5-13-22(16)17-8-3-4-9-18(17)23/h3-4,8-9,16H,2,5-7,10-15H2,1H3,(H,21,24)/t16-/m1/s1. The topological polar surface area (TPSA) is 61.9 Å². The molecule has 1 atom stereocenters. The first-order valence-corrected chi connectivity index (χ1v) is 9.71. The zero-order valence-electron chi connectivity index (χ0n) is 15.6. The Labute approximate surface area is 155 Å². The van der Waals surface area contributed by atoms with E-state index < -0.39 is 0 Å². The smallest absolute Gasteiger partial charge is 0.227 e. The van der Waals surface area contributed by atoms with E-state index >= 15 is 0 Å². The van der Waals surface area contributed by atoms with E-state index in [1.165, 1.54) is 6.42 Å². The molecule has 2 aliphatic heterocycles. The van der Waals surface area contributed by atoms with Crippen molar-refractivity contribution in [2.24, 2.45) is 0 Å². The highest BCUT2D eigenvalue weighted by Crippen LogP contribution is 2.39. The Bertz CT molecular complexity index is 634. The van der Waals surface area contributed by atoms with E-state index in [1.807, 2.05) is 30.0 Å².